The zero-order valence-corrected chi connectivity index (χ0v) is 19.6. The van der Waals surface area contributed by atoms with Crippen molar-refractivity contribution in [2.75, 3.05) is 11.3 Å². The predicted molar refractivity (Wildman–Crippen MR) is 127 cm³/mol. The zero-order chi connectivity index (χ0) is 23.3. The van der Waals surface area contributed by atoms with Crippen molar-refractivity contribution in [2.24, 2.45) is 0 Å². The molecule has 3 aromatic carbocycles. The van der Waals surface area contributed by atoms with E-state index in [4.69, 9.17) is 16.3 Å². The second-order valence-electron chi connectivity index (χ2n) is 7.52. The normalized spacial score (nSPS) is 12.1. The maximum absolute atomic E-state index is 12.7. The number of halogens is 1. The molecule has 8 heteroatoms. The maximum Gasteiger partial charge on any atom is 0.261 e. The quantitative estimate of drug-likeness (QED) is 0.482. The van der Waals surface area contributed by atoms with Crippen molar-refractivity contribution in [1.82, 2.24) is 5.32 Å². The third kappa shape index (κ3) is 6.24. The van der Waals surface area contributed by atoms with Crippen LogP contribution in [-0.4, -0.2) is 20.9 Å². The van der Waals surface area contributed by atoms with Gasteiger partial charge in [0.1, 0.15) is 5.75 Å². The van der Waals surface area contributed by atoms with Crippen LogP contribution in [0.1, 0.15) is 29.7 Å². The molecule has 6 nitrogen and oxygen atoms in total. The second-order valence-corrected chi connectivity index (χ2v) is 9.64. The number of rotatable bonds is 8. The fourth-order valence-corrected chi connectivity index (χ4v) is 4.28. The highest BCUT2D eigenvalue weighted by Gasteiger charge is 2.16. The fraction of sp³-hybridized carbons (Fsp3) is 0.208. The molecular formula is C24H25ClN2O4S. The lowest BCUT2D eigenvalue weighted by molar-refractivity contribution is -0.123. The van der Waals surface area contributed by atoms with Gasteiger partial charge >= 0.3 is 0 Å². The number of benzene rings is 3. The van der Waals surface area contributed by atoms with Crippen LogP contribution in [0.2, 0.25) is 5.02 Å². The highest BCUT2D eigenvalue weighted by molar-refractivity contribution is 7.92. The molecule has 0 bridgehead atoms. The average molecular weight is 473 g/mol. The number of hydrogen-bond donors (Lipinski definition) is 2. The molecule has 0 spiro atoms. The predicted octanol–water partition coefficient (Wildman–Crippen LogP) is 5.01. The first kappa shape index (κ1) is 23.6. The summed E-state index contributed by atoms with van der Waals surface area (Å²) in [6, 6.07) is 18.5. The Balaban J connectivity index is 1.57. The van der Waals surface area contributed by atoms with E-state index >= 15 is 0 Å². The van der Waals surface area contributed by atoms with E-state index in [1.54, 1.807) is 18.2 Å². The van der Waals surface area contributed by atoms with E-state index in [-0.39, 0.29) is 23.5 Å². The molecule has 32 heavy (non-hydrogen) atoms. The van der Waals surface area contributed by atoms with Gasteiger partial charge < -0.3 is 10.1 Å². The van der Waals surface area contributed by atoms with Gasteiger partial charge in [-0.05, 0) is 79.9 Å². The molecule has 0 aromatic heterocycles. The van der Waals surface area contributed by atoms with Gasteiger partial charge in [0.15, 0.2) is 6.61 Å². The largest absolute Gasteiger partial charge is 0.484 e. The number of nitrogens with one attached hydrogen (secondary N) is 2. The van der Waals surface area contributed by atoms with Gasteiger partial charge in [0.25, 0.3) is 15.9 Å². The summed E-state index contributed by atoms with van der Waals surface area (Å²) < 4.78 is 33.5. The molecule has 0 saturated carbocycles. The van der Waals surface area contributed by atoms with Gasteiger partial charge in [0.05, 0.1) is 16.6 Å². The lowest BCUT2D eigenvalue weighted by atomic mass is 10.1. The Labute approximate surface area is 193 Å². The summed E-state index contributed by atoms with van der Waals surface area (Å²) in [6.45, 7) is 5.41. The third-order valence-corrected chi connectivity index (χ3v) is 6.52. The van der Waals surface area contributed by atoms with E-state index in [1.807, 2.05) is 45.0 Å². The molecular weight excluding hydrogens is 448 g/mol. The van der Waals surface area contributed by atoms with Crippen LogP contribution < -0.4 is 14.8 Å². The summed E-state index contributed by atoms with van der Waals surface area (Å²) in [5.41, 5.74) is 3.25. The van der Waals surface area contributed by atoms with Crippen molar-refractivity contribution in [3.8, 4) is 5.75 Å². The van der Waals surface area contributed by atoms with Crippen LogP contribution in [0.4, 0.5) is 5.69 Å². The Hall–Kier alpha value is -3.03. The highest BCUT2D eigenvalue weighted by atomic mass is 35.5. The smallest absolute Gasteiger partial charge is 0.261 e. The summed E-state index contributed by atoms with van der Waals surface area (Å²) in [5.74, 6) is 0.103. The minimum absolute atomic E-state index is 0.103. The van der Waals surface area contributed by atoms with Gasteiger partial charge in [-0.2, -0.15) is 0 Å². The summed E-state index contributed by atoms with van der Waals surface area (Å²) in [4.78, 5) is 12.3. The zero-order valence-electron chi connectivity index (χ0n) is 18.1. The van der Waals surface area contributed by atoms with Gasteiger partial charge in [0.2, 0.25) is 0 Å². The fourth-order valence-electron chi connectivity index (χ4n) is 3.03. The van der Waals surface area contributed by atoms with E-state index in [9.17, 15) is 13.2 Å². The van der Waals surface area contributed by atoms with Crippen molar-refractivity contribution in [2.45, 2.75) is 31.7 Å². The number of aryl methyl sites for hydroxylation is 2. The summed E-state index contributed by atoms with van der Waals surface area (Å²) in [5, 5.41) is 3.48. The molecule has 3 aromatic rings. The van der Waals surface area contributed by atoms with Gasteiger partial charge in [-0.25, -0.2) is 8.42 Å². The summed E-state index contributed by atoms with van der Waals surface area (Å²) in [6.07, 6.45) is 0. The molecule has 168 valence electrons. The number of anilines is 1. The van der Waals surface area contributed by atoms with Crippen LogP contribution in [0.5, 0.6) is 5.75 Å². The molecule has 2 N–H and O–H groups in total. The Bertz CT molecular complexity index is 1190. The van der Waals surface area contributed by atoms with Crippen molar-refractivity contribution >= 4 is 33.2 Å². The third-order valence-electron chi connectivity index (χ3n) is 4.89. The molecule has 0 fully saturated rings. The minimum Gasteiger partial charge on any atom is -0.484 e. The van der Waals surface area contributed by atoms with Gasteiger partial charge in [-0.1, -0.05) is 35.9 Å². The lowest BCUT2D eigenvalue weighted by Gasteiger charge is -2.15. The second kappa shape index (κ2) is 10.1. The first-order valence-corrected chi connectivity index (χ1v) is 11.9. The average Bonchev–Trinajstić information content (AvgIpc) is 2.75. The number of amides is 1. The molecule has 1 amide bonds. The van der Waals surface area contributed by atoms with E-state index in [0.717, 1.165) is 16.7 Å². The molecule has 0 aliphatic rings. The van der Waals surface area contributed by atoms with Crippen LogP contribution in [0.15, 0.2) is 71.6 Å². The Kier molecular flexibility index (Phi) is 7.43. The monoisotopic (exact) mass is 472 g/mol. The number of carbonyl (C=O) groups is 1. The van der Waals surface area contributed by atoms with Crippen LogP contribution in [-0.2, 0) is 14.8 Å². The van der Waals surface area contributed by atoms with E-state index in [0.29, 0.717) is 16.5 Å². The Morgan fingerprint density at radius 3 is 2.31 bits per heavy atom. The molecule has 0 heterocycles. The minimum atomic E-state index is -3.74. The molecule has 0 aliphatic heterocycles. The van der Waals surface area contributed by atoms with Crippen molar-refractivity contribution < 1.29 is 17.9 Å². The standard InChI is InChI=1S/C24H25ClN2O4S/c1-16-4-5-17(2)23(14-16)27-32(29,30)22-12-10-21(11-13-22)31-15-24(28)26-18(3)19-6-8-20(25)9-7-19/h4-14,18,27H,15H2,1-3H3,(H,26,28). The van der Waals surface area contributed by atoms with E-state index < -0.39 is 10.0 Å². The Morgan fingerprint density at radius 2 is 1.66 bits per heavy atom. The van der Waals surface area contributed by atoms with E-state index in [1.165, 1.54) is 24.3 Å². The molecule has 0 saturated heterocycles. The van der Waals surface area contributed by atoms with Crippen LogP contribution in [0, 0.1) is 13.8 Å². The van der Waals surface area contributed by atoms with Crippen molar-refractivity contribution in [3.05, 3.63) is 88.4 Å². The number of carbonyl (C=O) groups excluding carboxylic acids is 1. The number of hydrogen-bond acceptors (Lipinski definition) is 4. The topological polar surface area (TPSA) is 84.5 Å². The molecule has 1 atom stereocenters. The molecule has 1 unspecified atom stereocenters. The van der Waals surface area contributed by atoms with Crippen LogP contribution in [0.25, 0.3) is 0 Å². The highest BCUT2D eigenvalue weighted by Crippen LogP contribution is 2.23. The summed E-state index contributed by atoms with van der Waals surface area (Å²) in [7, 11) is -3.74. The molecule has 0 aliphatic carbocycles. The SMILES string of the molecule is Cc1ccc(C)c(NS(=O)(=O)c2ccc(OCC(=O)NC(C)c3ccc(Cl)cc3)cc2)c1. The van der Waals surface area contributed by atoms with Crippen molar-refractivity contribution in [3.63, 3.8) is 0 Å². The first-order valence-electron chi connectivity index (χ1n) is 10.0. The van der Waals surface area contributed by atoms with Gasteiger partial charge in [-0.3, -0.25) is 9.52 Å². The Morgan fingerprint density at radius 1 is 1.00 bits per heavy atom. The summed E-state index contributed by atoms with van der Waals surface area (Å²) >= 11 is 5.88. The van der Waals surface area contributed by atoms with Crippen LogP contribution in [0.3, 0.4) is 0 Å². The number of ether oxygens (including phenoxy) is 1. The molecule has 0 radical (unpaired) electrons. The van der Waals surface area contributed by atoms with Crippen molar-refractivity contribution in [1.29, 1.82) is 0 Å². The molecule has 3 rings (SSSR count). The number of sulfonamides is 1. The van der Waals surface area contributed by atoms with E-state index in [2.05, 4.69) is 10.0 Å². The van der Waals surface area contributed by atoms with Gasteiger partial charge in [-0.15, -0.1) is 0 Å². The van der Waals surface area contributed by atoms with Gasteiger partial charge in [0, 0.05) is 5.02 Å². The lowest BCUT2D eigenvalue weighted by Crippen LogP contribution is -2.31. The van der Waals surface area contributed by atoms with Crippen LogP contribution >= 0.6 is 11.6 Å². The first-order chi connectivity index (χ1) is 15.1. The maximum atomic E-state index is 12.7.